The largest absolute Gasteiger partial charge is 0.496 e. The number of hydrogen-bond acceptors (Lipinski definition) is 4. The van der Waals surface area contributed by atoms with E-state index in [9.17, 15) is 4.79 Å². The second-order valence-electron chi connectivity index (χ2n) is 4.09. The number of oxime groups is 1. The van der Waals surface area contributed by atoms with Gasteiger partial charge in [-0.1, -0.05) is 17.3 Å². The molecule has 1 fully saturated rings. The third kappa shape index (κ3) is 3.76. The van der Waals surface area contributed by atoms with Crippen molar-refractivity contribution in [3.05, 3.63) is 29.8 Å². The van der Waals surface area contributed by atoms with Crippen LogP contribution in [0.5, 0.6) is 5.75 Å². The predicted octanol–water partition coefficient (Wildman–Crippen LogP) is 1.32. The number of benzene rings is 1. The lowest BCUT2D eigenvalue weighted by Gasteiger charge is -2.03. The Balaban J connectivity index is 1.77. The van der Waals surface area contributed by atoms with Crippen molar-refractivity contribution in [3.63, 3.8) is 0 Å². The number of nitrogens with one attached hydrogen (secondary N) is 1. The van der Waals surface area contributed by atoms with Gasteiger partial charge in [-0.25, -0.2) is 0 Å². The number of carbonyl (C=O) groups excluding carboxylic acids is 1. The molecule has 1 saturated carbocycles. The Morgan fingerprint density at radius 3 is 3.00 bits per heavy atom. The minimum Gasteiger partial charge on any atom is -0.496 e. The summed E-state index contributed by atoms with van der Waals surface area (Å²) in [6.07, 6.45) is 3.66. The van der Waals surface area contributed by atoms with Crippen molar-refractivity contribution in [3.8, 4) is 5.75 Å². The zero-order valence-electron chi connectivity index (χ0n) is 10.3. The van der Waals surface area contributed by atoms with Gasteiger partial charge in [-0.2, -0.15) is 0 Å². The molecule has 0 heterocycles. The van der Waals surface area contributed by atoms with Crippen molar-refractivity contribution in [2.45, 2.75) is 18.9 Å². The molecule has 0 atom stereocenters. The molecule has 18 heavy (non-hydrogen) atoms. The summed E-state index contributed by atoms with van der Waals surface area (Å²) < 4.78 is 5.16. The molecule has 1 aromatic rings. The highest BCUT2D eigenvalue weighted by molar-refractivity contribution is 5.83. The normalized spacial score (nSPS) is 14.5. The van der Waals surface area contributed by atoms with E-state index in [0.717, 1.165) is 18.4 Å². The van der Waals surface area contributed by atoms with Crippen LogP contribution in [-0.2, 0) is 9.63 Å². The Kier molecular flexibility index (Phi) is 4.17. The van der Waals surface area contributed by atoms with Crippen LogP contribution < -0.4 is 10.1 Å². The average molecular weight is 248 g/mol. The van der Waals surface area contributed by atoms with Gasteiger partial charge in [-0.15, -0.1) is 0 Å². The van der Waals surface area contributed by atoms with Crippen LogP contribution >= 0.6 is 0 Å². The second-order valence-corrected chi connectivity index (χ2v) is 4.09. The van der Waals surface area contributed by atoms with Crippen molar-refractivity contribution < 1.29 is 14.4 Å². The van der Waals surface area contributed by atoms with Gasteiger partial charge in [-0.3, -0.25) is 4.79 Å². The van der Waals surface area contributed by atoms with Crippen LogP contribution in [0.25, 0.3) is 0 Å². The highest BCUT2D eigenvalue weighted by Crippen LogP contribution is 2.18. The molecule has 5 heteroatoms. The smallest absolute Gasteiger partial charge is 0.260 e. The number of rotatable bonds is 6. The van der Waals surface area contributed by atoms with E-state index in [-0.39, 0.29) is 12.5 Å². The molecule has 0 radical (unpaired) electrons. The maximum Gasteiger partial charge on any atom is 0.260 e. The summed E-state index contributed by atoms with van der Waals surface area (Å²) in [4.78, 5) is 16.2. The monoisotopic (exact) mass is 248 g/mol. The second kappa shape index (κ2) is 6.05. The Morgan fingerprint density at radius 2 is 2.28 bits per heavy atom. The molecular formula is C13H16N2O3. The van der Waals surface area contributed by atoms with Gasteiger partial charge in [0.1, 0.15) is 5.75 Å². The molecule has 1 amide bonds. The van der Waals surface area contributed by atoms with E-state index in [2.05, 4.69) is 10.5 Å². The molecule has 96 valence electrons. The van der Waals surface area contributed by atoms with Crippen molar-refractivity contribution in [1.82, 2.24) is 5.32 Å². The number of hydrogen-bond donors (Lipinski definition) is 1. The van der Waals surface area contributed by atoms with Crippen LogP contribution in [0.3, 0.4) is 0 Å². The van der Waals surface area contributed by atoms with Crippen LogP contribution in [0.4, 0.5) is 0 Å². The van der Waals surface area contributed by atoms with Gasteiger partial charge in [0.15, 0.2) is 6.61 Å². The van der Waals surface area contributed by atoms with Crippen molar-refractivity contribution >= 4 is 12.1 Å². The first-order valence-electron chi connectivity index (χ1n) is 5.87. The number of ether oxygens (including phenoxy) is 1. The van der Waals surface area contributed by atoms with Crippen LogP contribution in [-0.4, -0.2) is 31.9 Å². The molecule has 0 aromatic heterocycles. The summed E-state index contributed by atoms with van der Waals surface area (Å²) in [6, 6.07) is 7.79. The fourth-order valence-corrected chi connectivity index (χ4v) is 1.46. The van der Waals surface area contributed by atoms with Gasteiger partial charge in [0, 0.05) is 11.6 Å². The van der Waals surface area contributed by atoms with Gasteiger partial charge < -0.3 is 14.9 Å². The standard InChI is InChI=1S/C13H16N2O3/c1-17-12-5-3-2-4-10(12)8-14-18-9-13(16)15-11-6-7-11/h2-5,8,11H,6-7,9H2,1H3,(H,15,16)/b14-8-. The zero-order chi connectivity index (χ0) is 12.8. The van der Waals surface area contributed by atoms with E-state index < -0.39 is 0 Å². The lowest BCUT2D eigenvalue weighted by Crippen LogP contribution is -2.28. The molecule has 1 aliphatic rings. The molecule has 0 bridgehead atoms. The first kappa shape index (κ1) is 12.4. The summed E-state index contributed by atoms with van der Waals surface area (Å²) >= 11 is 0. The number of amides is 1. The minimum absolute atomic E-state index is 0.0534. The third-order valence-corrected chi connectivity index (χ3v) is 2.54. The molecule has 0 spiro atoms. The molecular weight excluding hydrogens is 232 g/mol. The Morgan fingerprint density at radius 1 is 1.50 bits per heavy atom. The molecule has 1 aromatic carbocycles. The fourth-order valence-electron chi connectivity index (χ4n) is 1.46. The topological polar surface area (TPSA) is 59.9 Å². The Bertz CT molecular complexity index is 442. The Hall–Kier alpha value is -2.04. The highest BCUT2D eigenvalue weighted by atomic mass is 16.6. The number of carbonyl (C=O) groups is 1. The van der Waals surface area contributed by atoms with Gasteiger partial charge in [-0.05, 0) is 25.0 Å². The third-order valence-electron chi connectivity index (χ3n) is 2.54. The number of nitrogens with zero attached hydrogens (tertiary/aromatic N) is 1. The lowest BCUT2D eigenvalue weighted by atomic mass is 10.2. The maximum absolute atomic E-state index is 11.3. The fraction of sp³-hybridized carbons (Fsp3) is 0.385. The van der Waals surface area contributed by atoms with Gasteiger partial charge >= 0.3 is 0 Å². The van der Waals surface area contributed by atoms with Crippen LogP contribution in [0, 0.1) is 0 Å². The molecule has 0 saturated heterocycles. The summed E-state index contributed by atoms with van der Waals surface area (Å²) in [7, 11) is 1.59. The van der Waals surface area contributed by atoms with Gasteiger partial charge in [0.2, 0.25) is 0 Å². The summed E-state index contributed by atoms with van der Waals surface area (Å²) in [5, 5.41) is 6.56. The quantitative estimate of drug-likeness (QED) is 0.610. The molecule has 1 aliphatic carbocycles. The maximum atomic E-state index is 11.3. The summed E-state index contributed by atoms with van der Waals surface area (Å²) in [6.45, 7) is -0.0534. The highest BCUT2D eigenvalue weighted by Gasteiger charge is 2.23. The minimum atomic E-state index is -0.130. The van der Waals surface area contributed by atoms with Crippen LogP contribution in [0.15, 0.2) is 29.4 Å². The van der Waals surface area contributed by atoms with Crippen molar-refractivity contribution in [2.24, 2.45) is 5.16 Å². The molecule has 2 rings (SSSR count). The van der Waals surface area contributed by atoms with Crippen molar-refractivity contribution in [2.75, 3.05) is 13.7 Å². The van der Waals surface area contributed by atoms with E-state index in [1.165, 1.54) is 6.21 Å². The zero-order valence-corrected chi connectivity index (χ0v) is 10.3. The number of para-hydroxylation sites is 1. The van der Waals surface area contributed by atoms with E-state index in [4.69, 9.17) is 9.57 Å². The first-order chi connectivity index (χ1) is 8.79. The van der Waals surface area contributed by atoms with E-state index in [1.54, 1.807) is 7.11 Å². The molecule has 0 aliphatic heterocycles. The van der Waals surface area contributed by atoms with Crippen molar-refractivity contribution in [1.29, 1.82) is 0 Å². The summed E-state index contributed by atoms with van der Waals surface area (Å²) in [5.41, 5.74) is 0.808. The summed E-state index contributed by atoms with van der Waals surface area (Å²) in [5.74, 6) is 0.585. The van der Waals surface area contributed by atoms with E-state index >= 15 is 0 Å². The molecule has 1 N–H and O–H groups in total. The Labute approximate surface area is 106 Å². The number of methoxy groups -OCH3 is 1. The lowest BCUT2D eigenvalue weighted by molar-refractivity contribution is -0.125. The van der Waals surface area contributed by atoms with Crippen LogP contribution in [0.1, 0.15) is 18.4 Å². The average Bonchev–Trinajstić information content (AvgIpc) is 3.19. The predicted molar refractivity (Wildman–Crippen MR) is 67.7 cm³/mol. The van der Waals surface area contributed by atoms with Gasteiger partial charge in [0.25, 0.3) is 5.91 Å². The van der Waals surface area contributed by atoms with Crippen LogP contribution in [0.2, 0.25) is 0 Å². The SMILES string of the molecule is COc1ccccc1/C=N\OCC(=O)NC1CC1. The molecule has 0 unspecified atom stereocenters. The van der Waals surface area contributed by atoms with E-state index in [1.807, 2.05) is 24.3 Å². The van der Waals surface area contributed by atoms with E-state index in [0.29, 0.717) is 11.8 Å². The molecule has 5 nitrogen and oxygen atoms in total. The first-order valence-corrected chi connectivity index (χ1v) is 5.87. The van der Waals surface area contributed by atoms with Gasteiger partial charge in [0.05, 0.1) is 13.3 Å².